The average Bonchev–Trinajstić information content (AvgIpc) is 3.53. The zero-order valence-electron chi connectivity index (χ0n) is 19.7. The molecular weight excluding hydrogens is 512 g/mol. The number of aliphatic imine (C=N–C) groups is 1. The molecule has 188 valence electrons. The maximum absolute atomic E-state index is 12.9. The number of carbonyl (C=O) groups is 2. The van der Waals surface area contributed by atoms with E-state index in [1.54, 1.807) is 41.9 Å². The number of aromatic hydroxyl groups is 1. The van der Waals surface area contributed by atoms with Crippen molar-refractivity contribution < 1.29 is 19.8 Å². The fraction of sp³-hybridized carbons (Fsp3) is 0.320. The lowest BCUT2D eigenvalue weighted by Gasteiger charge is -2.38. The molecule has 2 aromatic rings. The number of imidazole rings is 1. The monoisotopic (exact) mass is 534 g/mol. The van der Waals surface area contributed by atoms with E-state index < -0.39 is 17.4 Å². The van der Waals surface area contributed by atoms with E-state index in [-0.39, 0.29) is 23.3 Å². The topological polar surface area (TPSA) is 155 Å². The van der Waals surface area contributed by atoms with Crippen LogP contribution in [0.4, 0.5) is 11.4 Å². The molecule has 1 aromatic heterocycles. The van der Waals surface area contributed by atoms with Gasteiger partial charge in [0.1, 0.15) is 27.5 Å². The zero-order chi connectivity index (χ0) is 25.6. The molecule has 1 spiro atoms. The van der Waals surface area contributed by atoms with Crippen molar-refractivity contribution in [3.05, 3.63) is 50.1 Å². The number of nitrogens with zero attached hydrogens (tertiary/aromatic N) is 4. The van der Waals surface area contributed by atoms with Crippen LogP contribution in [0.3, 0.4) is 0 Å². The zero-order valence-corrected chi connectivity index (χ0v) is 21.3. The van der Waals surface area contributed by atoms with Crippen LogP contribution < -0.4 is 21.6 Å². The molecular formula is C25H22N6O4S2. The molecule has 1 saturated heterocycles. The van der Waals surface area contributed by atoms with Gasteiger partial charge in [-0.25, -0.2) is 4.98 Å². The number of hydrogen-bond donors (Lipinski definition) is 4. The van der Waals surface area contributed by atoms with E-state index >= 15 is 0 Å². The number of phenols is 1. The van der Waals surface area contributed by atoms with Crippen LogP contribution >= 0.6 is 23.5 Å². The first-order valence-electron chi connectivity index (χ1n) is 11.9. The Morgan fingerprint density at radius 2 is 2.27 bits per heavy atom. The van der Waals surface area contributed by atoms with Crippen molar-refractivity contribution in [1.82, 2.24) is 9.55 Å². The highest BCUT2D eigenvalue weighted by atomic mass is 32.2. The van der Waals surface area contributed by atoms with Gasteiger partial charge in [0.2, 0.25) is 0 Å². The quantitative estimate of drug-likeness (QED) is 0.415. The summed E-state index contributed by atoms with van der Waals surface area (Å²) in [7, 11) is 1.80. The lowest BCUT2D eigenvalue weighted by atomic mass is 9.71. The van der Waals surface area contributed by atoms with E-state index in [4.69, 9.17) is 10.7 Å². The molecule has 0 saturated carbocycles. The lowest BCUT2D eigenvalue weighted by Crippen LogP contribution is -2.42. The van der Waals surface area contributed by atoms with E-state index in [1.165, 1.54) is 11.8 Å². The standard InChI is InChI=1S/C25H22N6O4S2/c1-31-9-29-23(13(31)6-12(26)24(34)35)37-15-5-11(32)4-14-25(15)7-16(36-14)30-21-18(25)19-17-10(2-3-27-19)8-28-20(17)22(21)33/h4-5,8-9,12,16,27,33H,2-3,6-7,26H2,1H3,(H,34,35)/t12?,16-,25-/m0/s1. The molecule has 3 atom stereocenters. The molecule has 37 heavy (non-hydrogen) atoms. The van der Waals surface area contributed by atoms with E-state index in [0.717, 1.165) is 44.8 Å². The van der Waals surface area contributed by atoms with Crippen molar-refractivity contribution >= 4 is 58.4 Å². The Balaban J connectivity index is 1.44. The first-order valence-corrected chi connectivity index (χ1v) is 13.6. The van der Waals surface area contributed by atoms with Crippen molar-refractivity contribution in [1.29, 1.82) is 0 Å². The maximum Gasteiger partial charge on any atom is 0.320 e. The molecule has 0 radical (unpaired) electrons. The number of carbonyl (C=O) groups excluding carboxylic acids is 1. The number of nitrogens with two attached hydrogens (primary N) is 1. The average molecular weight is 535 g/mol. The highest BCUT2D eigenvalue weighted by Crippen LogP contribution is 2.63. The Hall–Kier alpha value is -3.35. The fourth-order valence-electron chi connectivity index (χ4n) is 5.87. The highest BCUT2D eigenvalue weighted by Gasteiger charge is 2.55. The molecule has 0 amide bonds. The number of hydrogen-bond acceptors (Lipinski definition) is 10. The number of aliphatic carboxylic acids is 1. The predicted octanol–water partition coefficient (Wildman–Crippen LogP) is 1.24. The van der Waals surface area contributed by atoms with E-state index in [2.05, 4.69) is 15.3 Å². The number of anilines is 1. The number of ketones is 1. The molecule has 1 aromatic carbocycles. The summed E-state index contributed by atoms with van der Waals surface area (Å²) in [4.78, 5) is 40.0. The van der Waals surface area contributed by atoms with Crippen LogP contribution in [0, 0.1) is 0 Å². The number of aryl methyl sites for hydroxylation is 1. The minimum atomic E-state index is -1.09. The Kier molecular flexibility index (Phi) is 4.83. The molecule has 12 heteroatoms. The summed E-state index contributed by atoms with van der Waals surface area (Å²) in [6, 6.07) is -1.08. The van der Waals surface area contributed by atoms with Crippen LogP contribution in [-0.2, 0) is 28.5 Å². The van der Waals surface area contributed by atoms with Crippen LogP contribution in [0.1, 0.15) is 24.1 Å². The second-order valence-electron chi connectivity index (χ2n) is 9.72. The number of fused-ring (bicyclic) bond motifs is 3. The number of benzene rings is 1. The number of aromatic nitrogens is 2. The Labute approximate surface area is 219 Å². The molecule has 4 aliphatic heterocycles. The Morgan fingerprint density at radius 1 is 1.43 bits per heavy atom. The first kappa shape index (κ1) is 22.8. The van der Waals surface area contributed by atoms with Gasteiger partial charge in [-0.15, -0.1) is 11.8 Å². The van der Waals surface area contributed by atoms with Crippen LogP contribution in [0.25, 0.3) is 5.57 Å². The van der Waals surface area contributed by atoms with Crippen molar-refractivity contribution in [3.63, 3.8) is 0 Å². The number of allylic oxidation sites excluding steroid dienone is 4. The second-order valence-corrected chi connectivity index (χ2v) is 12.0. The first-order chi connectivity index (χ1) is 17.8. The van der Waals surface area contributed by atoms with Crippen molar-refractivity contribution in [2.45, 2.75) is 41.1 Å². The summed E-state index contributed by atoms with van der Waals surface area (Å²) in [5, 5.41) is 26.1. The maximum atomic E-state index is 12.9. The number of rotatable bonds is 5. The number of thioether (sulfide) groups is 2. The minimum absolute atomic E-state index is 0.0711. The summed E-state index contributed by atoms with van der Waals surface area (Å²) < 4.78 is 1.77. The van der Waals surface area contributed by atoms with Gasteiger partial charge >= 0.3 is 5.97 Å². The molecule has 1 fully saturated rings. The molecule has 1 aliphatic carbocycles. The number of carboxylic acids is 1. The van der Waals surface area contributed by atoms with Gasteiger partial charge in [-0.05, 0) is 30.6 Å². The van der Waals surface area contributed by atoms with Gasteiger partial charge in [0.05, 0.1) is 23.1 Å². The molecule has 5 N–H and O–H groups in total. The van der Waals surface area contributed by atoms with Gasteiger partial charge in [0.25, 0.3) is 0 Å². The third-order valence-electron chi connectivity index (χ3n) is 7.58. The number of nitrogens with one attached hydrogen (secondary N) is 1. The van der Waals surface area contributed by atoms with Crippen LogP contribution in [0.5, 0.6) is 5.75 Å². The fourth-order valence-corrected chi connectivity index (χ4v) is 8.70. The predicted molar refractivity (Wildman–Crippen MR) is 141 cm³/mol. The molecule has 5 heterocycles. The molecule has 1 unspecified atom stereocenters. The van der Waals surface area contributed by atoms with Crippen molar-refractivity contribution in [3.8, 4) is 5.75 Å². The van der Waals surface area contributed by atoms with Gasteiger partial charge in [0.15, 0.2) is 11.5 Å². The normalized spacial score (nSPS) is 25.0. The number of phenolic OH excluding ortho intramolecular Hbond substituents is 1. The van der Waals surface area contributed by atoms with Gasteiger partial charge in [-0.1, -0.05) is 11.8 Å². The van der Waals surface area contributed by atoms with Crippen LogP contribution in [0.15, 0.2) is 43.3 Å². The van der Waals surface area contributed by atoms with Gasteiger partial charge in [0, 0.05) is 46.8 Å². The lowest BCUT2D eigenvalue weighted by molar-refractivity contribution is -0.138. The van der Waals surface area contributed by atoms with Gasteiger partial charge < -0.3 is 25.8 Å². The van der Waals surface area contributed by atoms with E-state index in [9.17, 15) is 19.8 Å². The summed E-state index contributed by atoms with van der Waals surface area (Å²) in [6.45, 7) is 0.735. The molecule has 10 nitrogen and oxygen atoms in total. The summed E-state index contributed by atoms with van der Waals surface area (Å²) in [6.07, 6.45) is 8.33. The summed E-state index contributed by atoms with van der Waals surface area (Å²) in [5.74, 6) is -1.14. The van der Waals surface area contributed by atoms with E-state index in [1.807, 2.05) is 6.21 Å². The van der Waals surface area contributed by atoms with Gasteiger partial charge in [-0.3, -0.25) is 19.6 Å². The smallest absolute Gasteiger partial charge is 0.320 e. The van der Waals surface area contributed by atoms with E-state index in [0.29, 0.717) is 28.2 Å². The van der Waals surface area contributed by atoms with Crippen molar-refractivity contribution in [2.24, 2.45) is 22.8 Å². The molecule has 2 bridgehead atoms. The van der Waals surface area contributed by atoms with Crippen molar-refractivity contribution in [2.75, 3.05) is 11.9 Å². The van der Waals surface area contributed by atoms with Crippen LogP contribution in [0.2, 0.25) is 0 Å². The summed E-state index contributed by atoms with van der Waals surface area (Å²) in [5.41, 5.74) is 9.26. The Bertz CT molecular complexity index is 1670. The third kappa shape index (κ3) is 3.09. The molecule has 5 aliphatic rings. The minimum Gasteiger partial charge on any atom is -0.504 e. The van der Waals surface area contributed by atoms with Crippen LogP contribution in [-0.4, -0.2) is 55.7 Å². The second kappa shape index (κ2) is 7.83. The largest absolute Gasteiger partial charge is 0.504 e. The third-order valence-corrected chi connectivity index (χ3v) is 10.1. The van der Waals surface area contributed by atoms with Gasteiger partial charge in [-0.2, -0.15) is 0 Å². The summed E-state index contributed by atoms with van der Waals surface area (Å²) >= 11 is 2.91. The Morgan fingerprint density at radius 3 is 3.08 bits per heavy atom. The molecule has 7 rings (SSSR count). The number of carboxylic acid groups (broad SMARTS) is 1. The highest BCUT2D eigenvalue weighted by molar-refractivity contribution is 8.05. The SMILES string of the molecule is Cn1cnc(SC2=CC(=O)C=C3S[C@H]4C[C@@]23c2c3c5c(c(O)c2=N4)N=CC=5CCN3)c1CC(N)C(=O)O.